The first-order valence-corrected chi connectivity index (χ1v) is 8.84. The summed E-state index contributed by atoms with van der Waals surface area (Å²) >= 11 is 0. The van der Waals surface area contributed by atoms with Crippen LogP contribution in [0.1, 0.15) is 52.7 Å². The molecule has 0 radical (unpaired) electrons. The molecular formula is C19H32IN3O2. The number of aliphatic imine (C=N–C) groups is 1. The van der Waals surface area contributed by atoms with E-state index in [0.29, 0.717) is 13.2 Å². The average molecular weight is 461 g/mol. The number of fused-ring (bicyclic) bond motifs is 1. The van der Waals surface area contributed by atoms with Crippen LogP contribution in [0.2, 0.25) is 0 Å². The van der Waals surface area contributed by atoms with Gasteiger partial charge in [0, 0.05) is 29.6 Å². The zero-order chi connectivity index (χ0) is 17.7. The molecule has 142 valence electrons. The monoisotopic (exact) mass is 461 g/mol. The largest absolute Gasteiger partial charge is 0.494 e. The summed E-state index contributed by atoms with van der Waals surface area (Å²) in [6, 6.07) is 4.19. The number of hydrogen-bond acceptors (Lipinski definition) is 3. The van der Waals surface area contributed by atoms with Crippen molar-refractivity contribution in [3.63, 3.8) is 0 Å². The van der Waals surface area contributed by atoms with Crippen molar-refractivity contribution < 1.29 is 9.47 Å². The van der Waals surface area contributed by atoms with Crippen molar-refractivity contribution >= 4 is 29.9 Å². The molecule has 0 saturated heterocycles. The maximum absolute atomic E-state index is 5.88. The third-order valence-corrected chi connectivity index (χ3v) is 3.62. The molecule has 0 bridgehead atoms. The number of halogens is 1. The minimum absolute atomic E-state index is 0. The molecule has 1 aromatic rings. The van der Waals surface area contributed by atoms with E-state index < -0.39 is 0 Å². The number of guanidine groups is 1. The first kappa shape index (κ1) is 21.9. The molecule has 0 amide bonds. The van der Waals surface area contributed by atoms with Gasteiger partial charge in [0.05, 0.1) is 13.2 Å². The van der Waals surface area contributed by atoms with Gasteiger partial charge in [0.25, 0.3) is 0 Å². The predicted molar refractivity (Wildman–Crippen MR) is 115 cm³/mol. The van der Waals surface area contributed by atoms with Crippen LogP contribution < -0.4 is 20.1 Å². The second kappa shape index (κ2) is 9.50. The highest BCUT2D eigenvalue weighted by molar-refractivity contribution is 14.0. The Labute approximate surface area is 169 Å². The van der Waals surface area contributed by atoms with Crippen LogP contribution in [0.5, 0.6) is 11.5 Å². The predicted octanol–water partition coefficient (Wildman–Crippen LogP) is 3.88. The fraction of sp³-hybridized carbons (Fsp3) is 0.632. The van der Waals surface area contributed by atoms with Crippen LogP contribution in [0.4, 0.5) is 0 Å². The van der Waals surface area contributed by atoms with E-state index in [1.54, 1.807) is 0 Å². The van der Waals surface area contributed by atoms with Gasteiger partial charge in [-0.1, -0.05) is 0 Å². The lowest BCUT2D eigenvalue weighted by Crippen LogP contribution is -2.47. The lowest BCUT2D eigenvalue weighted by atomic mass is 10.1. The standard InChI is InChI=1S/C19H31N3O2.HI/c1-7-20-18(22-19(4,5)6)21-12-15-11-17-14(9-13(3)24-17)10-16(15)23-8-2;/h10-11,13H,7-9,12H2,1-6H3,(H2,20,21,22);1H. The van der Waals surface area contributed by atoms with Gasteiger partial charge in [0.15, 0.2) is 5.96 Å². The molecule has 2 N–H and O–H groups in total. The first-order chi connectivity index (χ1) is 11.3. The van der Waals surface area contributed by atoms with Gasteiger partial charge in [-0.25, -0.2) is 4.99 Å². The van der Waals surface area contributed by atoms with Crippen molar-refractivity contribution in [2.75, 3.05) is 13.2 Å². The molecule has 1 heterocycles. The summed E-state index contributed by atoms with van der Waals surface area (Å²) in [4.78, 5) is 4.72. The van der Waals surface area contributed by atoms with E-state index >= 15 is 0 Å². The molecule has 0 fully saturated rings. The lowest BCUT2D eigenvalue weighted by Gasteiger charge is -2.23. The molecule has 25 heavy (non-hydrogen) atoms. The van der Waals surface area contributed by atoms with Crippen molar-refractivity contribution in [1.29, 1.82) is 0 Å². The van der Waals surface area contributed by atoms with E-state index in [2.05, 4.69) is 57.4 Å². The molecule has 1 aliphatic rings. The molecule has 1 unspecified atom stereocenters. The lowest BCUT2D eigenvalue weighted by molar-refractivity contribution is 0.254. The minimum atomic E-state index is -0.0414. The van der Waals surface area contributed by atoms with Crippen LogP contribution in [0, 0.1) is 0 Å². The van der Waals surface area contributed by atoms with Gasteiger partial charge in [-0.2, -0.15) is 0 Å². The van der Waals surface area contributed by atoms with Crippen LogP contribution in [-0.2, 0) is 13.0 Å². The fourth-order valence-electron chi connectivity index (χ4n) is 2.72. The highest BCUT2D eigenvalue weighted by Crippen LogP contribution is 2.35. The number of ether oxygens (including phenoxy) is 2. The molecule has 1 aromatic carbocycles. The molecular weight excluding hydrogens is 429 g/mol. The second-order valence-electron chi connectivity index (χ2n) is 7.20. The number of nitrogens with zero attached hydrogens (tertiary/aromatic N) is 1. The Morgan fingerprint density at radius 3 is 2.64 bits per heavy atom. The molecule has 6 heteroatoms. The molecule has 0 aromatic heterocycles. The van der Waals surface area contributed by atoms with Crippen LogP contribution in [0.25, 0.3) is 0 Å². The Balaban J connectivity index is 0.00000312. The van der Waals surface area contributed by atoms with E-state index in [-0.39, 0.29) is 35.6 Å². The highest BCUT2D eigenvalue weighted by Gasteiger charge is 2.22. The summed E-state index contributed by atoms with van der Waals surface area (Å²) in [7, 11) is 0. The SMILES string of the molecule is CCNC(=NCc1cc2c(cc1OCC)CC(C)O2)NC(C)(C)C.I. The van der Waals surface area contributed by atoms with Crippen LogP contribution >= 0.6 is 24.0 Å². The quantitative estimate of drug-likeness (QED) is 0.397. The van der Waals surface area contributed by atoms with Gasteiger partial charge < -0.3 is 20.1 Å². The van der Waals surface area contributed by atoms with Gasteiger partial charge in [0.1, 0.15) is 17.6 Å². The van der Waals surface area contributed by atoms with Crippen LogP contribution in [0.15, 0.2) is 17.1 Å². The van der Waals surface area contributed by atoms with Crippen LogP contribution in [0.3, 0.4) is 0 Å². The second-order valence-corrected chi connectivity index (χ2v) is 7.20. The number of nitrogens with one attached hydrogen (secondary N) is 2. The highest BCUT2D eigenvalue weighted by atomic mass is 127. The normalized spacial score (nSPS) is 16.6. The maximum atomic E-state index is 5.88. The summed E-state index contributed by atoms with van der Waals surface area (Å²) in [5.41, 5.74) is 2.23. The summed E-state index contributed by atoms with van der Waals surface area (Å²) in [6.07, 6.45) is 1.17. The van der Waals surface area contributed by atoms with Gasteiger partial charge in [-0.05, 0) is 53.7 Å². The zero-order valence-corrected chi connectivity index (χ0v) is 18.6. The average Bonchev–Trinajstić information content (AvgIpc) is 2.82. The third-order valence-electron chi connectivity index (χ3n) is 3.62. The van der Waals surface area contributed by atoms with Crippen molar-refractivity contribution in [3.05, 3.63) is 23.3 Å². The molecule has 1 aliphatic heterocycles. The van der Waals surface area contributed by atoms with Gasteiger partial charge in [0.2, 0.25) is 0 Å². The Morgan fingerprint density at radius 2 is 2.04 bits per heavy atom. The topological polar surface area (TPSA) is 54.9 Å². The number of rotatable bonds is 5. The molecule has 2 rings (SSSR count). The molecule has 5 nitrogen and oxygen atoms in total. The Hall–Kier alpha value is -1.18. The van der Waals surface area contributed by atoms with Crippen molar-refractivity contribution in [2.24, 2.45) is 4.99 Å². The third kappa shape index (κ3) is 6.56. The van der Waals surface area contributed by atoms with Crippen molar-refractivity contribution in [1.82, 2.24) is 10.6 Å². The van der Waals surface area contributed by atoms with E-state index in [4.69, 9.17) is 14.5 Å². The summed E-state index contributed by atoms with van der Waals surface area (Å²) in [5, 5.41) is 6.69. The summed E-state index contributed by atoms with van der Waals surface area (Å²) in [5.74, 6) is 2.68. The molecule has 0 aliphatic carbocycles. The summed E-state index contributed by atoms with van der Waals surface area (Å²) < 4.78 is 11.7. The first-order valence-electron chi connectivity index (χ1n) is 8.84. The fourth-order valence-corrected chi connectivity index (χ4v) is 2.72. The molecule has 1 atom stereocenters. The molecule has 0 spiro atoms. The van der Waals surface area contributed by atoms with E-state index in [9.17, 15) is 0 Å². The van der Waals surface area contributed by atoms with Crippen molar-refractivity contribution in [2.45, 2.75) is 66.2 Å². The minimum Gasteiger partial charge on any atom is -0.494 e. The summed E-state index contributed by atoms with van der Waals surface area (Å²) in [6.45, 7) is 14.5. The van der Waals surface area contributed by atoms with E-state index in [0.717, 1.165) is 36.0 Å². The van der Waals surface area contributed by atoms with Gasteiger partial charge in [-0.3, -0.25) is 0 Å². The van der Waals surface area contributed by atoms with E-state index in [1.165, 1.54) is 5.56 Å². The van der Waals surface area contributed by atoms with Gasteiger partial charge in [-0.15, -0.1) is 24.0 Å². The number of hydrogen-bond donors (Lipinski definition) is 2. The van der Waals surface area contributed by atoms with Crippen molar-refractivity contribution in [3.8, 4) is 11.5 Å². The molecule has 0 saturated carbocycles. The Morgan fingerprint density at radius 1 is 1.32 bits per heavy atom. The zero-order valence-electron chi connectivity index (χ0n) is 16.2. The van der Waals surface area contributed by atoms with Gasteiger partial charge >= 0.3 is 0 Å². The maximum Gasteiger partial charge on any atom is 0.191 e. The smallest absolute Gasteiger partial charge is 0.191 e. The van der Waals surface area contributed by atoms with Crippen LogP contribution in [-0.4, -0.2) is 30.8 Å². The Bertz CT molecular complexity index is 597. The van der Waals surface area contributed by atoms with E-state index in [1.807, 2.05) is 6.92 Å². The Kier molecular flexibility index (Phi) is 8.31. The number of benzene rings is 1.